The van der Waals surface area contributed by atoms with Gasteiger partial charge in [0.15, 0.2) is 0 Å². The van der Waals surface area contributed by atoms with E-state index in [4.69, 9.17) is 5.11 Å². The number of benzene rings is 1. The Labute approximate surface area is 112 Å². The van der Waals surface area contributed by atoms with E-state index in [1.807, 2.05) is 0 Å². The summed E-state index contributed by atoms with van der Waals surface area (Å²) in [5.74, 6) is -2.61. The van der Waals surface area contributed by atoms with Crippen LogP contribution < -0.4 is 5.32 Å². The summed E-state index contributed by atoms with van der Waals surface area (Å²) >= 11 is 2.94. The van der Waals surface area contributed by atoms with Gasteiger partial charge in [0.2, 0.25) is 0 Å². The molecule has 18 heavy (non-hydrogen) atoms. The van der Waals surface area contributed by atoms with Crippen molar-refractivity contribution in [3.05, 3.63) is 33.8 Å². The van der Waals surface area contributed by atoms with Crippen LogP contribution >= 0.6 is 15.9 Å². The number of nitrogens with one attached hydrogen (secondary N) is 1. The zero-order valence-corrected chi connectivity index (χ0v) is 11.4. The fourth-order valence-electron chi connectivity index (χ4n) is 1.52. The van der Waals surface area contributed by atoms with Crippen LogP contribution in [0, 0.1) is 11.6 Å². The second-order valence-corrected chi connectivity index (χ2v) is 4.90. The summed E-state index contributed by atoms with van der Waals surface area (Å²) in [4.78, 5) is 11.7. The van der Waals surface area contributed by atoms with Gasteiger partial charge in [-0.3, -0.25) is 4.79 Å². The second-order valence-electron chi connectivity index (χ2n) is 3.98. The van der Waals surface area contributed by atoms with E-state index in [1.165, 1.54) is 0 Å². The third kappa shape index (κ3) is 4.03. The first-order chi connectivity index (χ1) is 8.45. The topological polar surface area (TPSA) is 49.3 Å². The molecule has 0 saturated heterocycles. The summed E-state index contributed by atoms with van der Waals surface area (Å²) in [7, 11) is 0. The van der Waals surface area contributed by atoms with Crippen LogP contribution in [-0.4, -0.2) is 23.7 Å². The summed E-state index contributed by atoms with van der Waals surface area (Å²) in [6, 6.07) is 1.82. The second kappa shape index (κ2) is 6.80. The predicted molar refractivity (Wildman–Crippen MR) is 67.3 cm³/mol. The largest absolute Gasteiger partial charge is 0.396 e. The molecule has 3 nitrogen and oxygen atoms in total. The third-order valence-electron chi connectivity index (χ3n) is 2.41. The van der Waals surface area contributed by atoms with Crippen LogP contribution in [0.2, 0.25) is 0 Å². The van der Waals surface area contributed by atoms with Crippen molar-refractivity contribution in [2.75, 3.05) is 6.61 Å². The smallest absolute Gasteiger partial charge is 0.257 e. The Hall–Kier alpha value is -1.01. The summed E-state index contributed by atoms with van der Waals surface area (Å²) in [6.45, 7) is 1.73. The fraction of sp³-hybridized carbons (Fsp3) is 0.417. The van der Waals surface area contributed by atoms with Gasteiger partial charge < -0.3 is 10.4 Å². The van der Waals surface area contributed by atoms with Crippen LogP contribution in [0.15, 0.2) is 16.6 Å². The van der Waals surface area contributed by atoms with Gasteiger partial charge in [-0.2, -0.15) is 0 Å². The van der Waals surface area contributed by atoms with Crippen molar-refractivity contribution in [1.29, 1.82) is 0 Å². The minimum atomic E-state index is -0.909. The molecule has 0 bridgehead atoms. The number of aliphatic hydroxyl groups is 1. The van der Waals surface area contributed by atoms with E-state index in [-0.39, 0.29) is 17.1 Å². The molecule has 2 N–H and O–H groups in total. The van der Waals surface area contributed by atoms with E-state index in [2.05, 4.69) is 21.2 Å². The normalized spacial score (nSPS) is 12.3. The van der Waals surface area contributed by atoms with Gasteiger partial charge in [-0.05, 0) is 31.9 Å². The number of aliphatic hydroxyl groups excluding tert-OH is 1. The van der Waals surface area contributed by atoms with E-state index < -0.39 is 23.1 Å². The number of amides is 1. The van der Waals surface area contributed by atoms with Gasteiger partial charge in [0, 0.05) is 17.1 Å². The molecule has 1 rings (SSSR count). The average Bonchev–Trinajstić information content (AvgIpc) is 2.24. The molecule has 0 aromatic heterocycles. The molecular weight excluding hydrogens is 308 g/mol. The van der Waals surface area contributed by atoms with Crippen LogP contribution in [0.3, 0.4) is 0 Å². The van der Waals surface area contributed by atoms with Crippen molar-refractivity contribution in [3.8, 4) is 0 Å². The molecular formula is C12H14BrF2NO2. The van der Waals surface area contributed by atoms with Gasteiger partial charge in [-0.1, -0.05) is 15.9 Å². The SMILES string of the molecule is CC(CCCO)NC(=O)c1c(F)cc(Br)cc1F. The summed E-state index contributed by atoms with van der Waals surface area (Å²) in [5.41, 5.74) is -0.589. The first-order valence-electron chi connectivity index (χ1n) is 5.52. The highest BCUT2D eigenvalue weighted by atomic mass is 79.9. The first kappa shape index (κ1) is 15.0. The van der Waals surface area contributed by atoms with Crippen molar-refractivity contribution in [1.82, 2.24) is 5.32 Å². The maximum Gasteiger partial charge on any atom is 0.257 e. The van der Waals surface area contributed by atoms with Gasteiger partial charge in [-0.15, -0.1) is 0 Å². The number of hydrogen-bond acceptors (Lipinski definition) is 2. The van der Waals surface area contributed by atoms with Crippen LogP contribution in [0.25, 0.3) is 0 Å². The molecule has 6 heteroatoms. The fourth-order valence-corrected chi connectivity index (χ4v) is 1.93. The average molecular weight is 322 g/mol. The lowest BCUT2D eigenvalue weighted by molar-refractivity contribution is 0.0928. The number of rotatable bonds is 5. The van der Waals surface area contributed by atoms with E-state index in [0.29, 0.717) is 12.8 Å². The van der Waals surface area contributed by atoms with Crippen molar-refractivity contribution in [3.63, 3.8) is 0 Å². The molecule has 1 aromatic carbocycles. The Morgan fingerprint density at radius 2 is 2.00 bits per heavy atom. The molecule has 0 aliphatic carbocycles. The van der Waals surface area contributed by atoms with E-state index in [1.54, 1.807) is 6.92 Å². The van der Waals surface area contributed by atoms with Gasteiger partial charge >= 0.3 is 0 Å². The summed E-state index contributed by atoms with van der Waals surface area (Å²) in [5, 5.41) is 11.1. The zero-order valence-electron chi connectivity index (χ0n) is 9.84. The van der Waals surface area contributed by atoms with E-state index in [9.17, 15) is 13.6 Å². The lowest BCUT2D eigenvalue weighted by Gasteiger charge is -2.14. The molecule has 0 radical (unpaired) electrons. The van der Waals surface area contributed by atoms with Gasteiger partial charge in [0.1, 0.15) is 17.2 Å². The van der Waals surface area contributed by atoms with Crippen molar-refractivity contribution < 1.29 is 18.7 Å². The molecule has 1 unspecified atom stereocenters. The Morgan fingerprint density at radius 1 is 1.44 bits per heavy atom. The highest BCUT2D eigenvalue weighted by Crippen LogP contribution is 2.19. The summed E-state index contributed by atoms with van der Waals surface area (Å²) in [6.07, 6.45) is 1.06. The van der Waals surface area contributed by atoms with Gasteiger partial charge in [-0.25, -0.2) is 8.78 Å². The molecule has 1 amide bonds. The highest BCUT2D eigenvalue weighted by Gasteiger charge is 2.19. The molecule has 1 atom stereocenters. The number of halogens is 3. The monoisotopic (exact) mass is 321 g/mol. The van der Waals surface area contributed by atoms with Crippen LogP contribution in [-0.2, 0) is 0 Å². The first-order valence-corrected chi connectivity index (χ1v) is 6.31. The molecule has 0 fully saturated rings. The van der Waals surface area contributed by atoms with Crippen LogP contribution in [0.4, 0.5) is 8.78 Å². The molecule has 0 aliphatic heterocycles. The molecule has 0 heterocycles. The van der Waals surface area contributed by atoms with Gasteiger partial charge in [0.25, 0.3) is 5.91 Å². The Morgan fingerprint density at radius 3 is 2.50 bits per heavy atom. The van der Waals surface area contributed by atoms with Crippen molar-refractivity contribution >= 4 is 21.8 Å². The standard InChI is InChI=1S/C12H14BrF2NO2/c1-7(3-2-4-17)16-12(18)11-9(14)5-8(13)6-10(11)15/h5-7,17H,2-4H2,1H3,(H,16,18). The lowest BCUT2D eigenvalue weighted by atomic mass is 10.1. The molecule has 1 aromatic rings. The number of carbonyl (C=O) groups is 1. The van der Waals surface area contributed by atoms with Crippen molar-refractivity contribution in [2.24, 2.45) is 0 Å². The lowest BCUT2D eigenvalue weighted by Crippen LogP contribution is -2.33. The minimum Gasteiger partial charge on any atom is -0.396 e. The predicted octanol–water partition coefficient (Wildman–Crippen LogP) is 2.62. The molecule has 100 valence electrons. The Bertz CT molecular complexity index is 417. The molecule has 0 aliphatic rings. The van der Waals surface area contributed by atoms with Crippen LogP contribution in [0.5, 0.6) is 0 Å². The Kier molecular flexibility index (Phi) is 5.68. The maximum atomic E-state index is 13.5. The Balaban J connectivity index is 2.78. The van der Waals surface area contributed by atoms with Crippen molar-refractivity contribution in [2.45, 2.75) is 25.8 Å². The van der Waals surface area contributed by atoms with E-state index >= 15 is 0 Å². The molecule has 0 spiro atoms. The maximum absolute atomic E-state index is 13.5. The minimum absolute atomic E-state index is 0.0151. The number of hydrogen-bond donors (Lipinski definition) is 2. The number of carbonyl (C=O) groups excluding carboxylic acids is 1. The summed E-state index contributed by atoms with van der Waals surface area (Å²) < 4.78 is 27.2. The quantitative estimate of drug-likeness (QED) is 0.875. The van der Waals surface area contributed by atoms with E-state index in [0.717, 1.165) is 12.1 Å². The zero-order chi connectivity index (χ0) is 13.7. The van der Waals surface area contributed by atoms with Crippen LogP contribution in [0.1, 0.15) is 30.1 Å². The third-order valence-corrected chi connectivity index (χ3v) is 2.86. The molecule has 0 saturated carbocycles. The highest BCUT2D eigenvalue weighted by molar-refractivity contribution is 9.10. The van der Waals surface area contributed by atoms with Gasteiger partial charge in [0.05, 0.1) is 0 Å².